The molecule has 0 bridgehead atoms. The molecule has 0 atom stereocenters. The molecular formula is C20H28O4Si. The SMILES string of the molecule is C#CCC(Cc1ccccc1[Si](C)(C)C)(C(=O)OCC)C(=O)OCC. The zero-order valence-corrected chi connectivity index (χ0v) is 16.8. The smallest absolute Gasteiger partial charge is 0.324 e. The fourth-order valence-electron chi connectivity index (χ4n) is 2.88. The highest BCUT2D eigenvalue weighted by atomic mass is 28.3. The van der Waals surface area contributed by atoms with Crippen molar-refractivity contribution in [2.45, 2.75) is 46.3 Å². The molecule has 0 aromatic heterocycles. The first-order valence-corrected chi connectivity index (χ1v) is 12.1. The highest BCUT2D eigenvalue weighted by Crippen LogP contribution is 2.31. The number of hydrogen-bond donors (Lipinski definition) is 0. The lowest BCUT2D eigenvalue weighted by Crippen LogP contribution is -2.47. The average Bonchev–Trinajstić information content (AvgIpc) is 2.54. The molecule has 0 spiro atoms. The zero-order valence-electron chi connectivity index (χ0n) is 15.8. The van der Waals surface area contributed by atoms with Crippen molar-refractivity contribution >= 4 is 25.2 Å². The Morgan fingerprint density at radius 1 is 1.08 bits per heavy atom. The second-order valence-electron chi connectivity index (χ2n) is 6.99. The third-order valence-electron chi connectivity index (χ3n) is 4.05. The summed E-state index contributed by atoms with van der Waals surface area (Å²) < 4.78 is 10.4. The molecule has 0 radical (unpaired) electrons. The lowest BCUT2D eigenvalue weighted by molar-refractivity contribution is -0.171. The van der Waals surface area contributed by atoms with Crippen LogP contribution in [0, 0.1) is 17.8 Å². The zero-order chi connectivity index (χ0) is 19.1. The Morgan fingerprint density at radius 2 is 1.60 bits per heavy atom. The highest BCUT2D eigenvalue weighted by Gasteiger charge is 2.49. The van der Waals surface area contributed by atoms with Crippen LogP contribution in [0.3, 0.4) is 0 Å². The molecule has 0 fully saturated rings. The Balaban J connectivity index is 3.46. The largest absolute Gasteiger partial charge is 0.465 e. The Labute approximate surface area is 151 Å². The van der Waals surface area contributed by atoms with Crippen molar-refractivity contribution in [3.05, 3.63) is 29.8 Å². The maximum absolute atomic E-state index is 12.7. The summed E-state index contributed by atoms with van der Waals surface area (Å²) in [6.07, 6.45) is 5.64. The monoisotopic (exact) mass is 360 g/mol. The second-order valence-corrected chi connectivity index (χ2v) is 12.0. The van der Waals surface area contributed by atoms with Crippen molar-refractivity contribution in [3.8, 4) is 12.3 Å². The summed E-state index contributed by atoms with van der Waals surface area (Å²) >= 11 is 0. The van der Waals surface area contributed by atoms with E-state index in [2.05, 4.69) is 31.6 Å². The van der Waals surface area contributed by atoms with E-state index in [9.17, 15) is 9.59 Å². The normalized spacial score (nSPS) is 11.5. The minimum Gasteiger partial charge on any atom is -0.465 e. The molecule has 1 aromatic rings. The van der Waals surface area contributed by atoms with Crippen LogP contribution < -0.4 is 5.19 Å². The topological polar surface area (TPSA) is 52.6 Å². The average molecular weight is 361 g/mol. The molecule has 0 amide bonds. The maximum Gasteiger partial charge on any atom is 0.324 e. The summed E-state index contributed by atoms with van der Waals surface area (Å²) in [6, 6.07) is 7.92. The van der Waals surface area contributed by atoms with Crippen molar-refractivity contribution in [2.75, 3.05) is 13.2 Å². The molecule has 0 aliphatic heterocycles. The number of carbonyl (C=O) groups is 2. The first kappa shape index (κ1) is 21.0. The number of rotatable bonds is 8. The molecule has 0 unspecified atom stereocenters. The van der Waals surface area contributed by atoms with E-state index in [1.165, 1.54) is 5.19 Å². The maximum atomic E-state index is 12.7. The van der Waals surface area contributed by atoms with Crippen molar-refractivity contribution in [1.29, 1.82) is 0 Å². The standard InChI is InChI=1S/C20H28O4Si/c1-7-14-20(18(21)23-8-2,19(22)24-9-3)15-16-12-10-11-13-17(16)25(4,5)6/h1,10-13H,8-9,14-15H2,2-6H3. The molecule has 25 heavy (non-hydrogen) atoms. The van der Waals surface area contributed by atoms with Gasteiger partial charge in [-0.05, 0) is 19.4 Å². The van der Waals surface area contributed by atoms with Gasteiger partial charge in [0.2, 0.25) is 0 Å². The van der Waals surface area contributed by atoms with E-state index in [1.54, 1.807) is 13.8 Å². The van der Waals surface area contributed by atoms with E-state index in [4.69, 9.17) is 15.9 Å². The van der Waals surface area contributed by atoms with Crippen LogP contribution in [0.25, 0.3) is 0 Å². The van der Waals surface area contributed by atoms with Crippen LogP contribution in [0.4, 0.5) is 0 Å². The molecule has 0 N–H and O–H groups in total. The van der Waals surface area contributed by atoms with E-state index >= 15 is 0 Å². The Bertz CT molecular complexity index is 634. The van der Waals surface area contributed by atoms with E-state index in [1.807, 2.05) is 18.2 Å². The summed E-state index contributed by atoms with van der Waals surface area (Å²) in [6.45, 7) is 10.5. The van der Waals surface area contributed by atoms with Gasteiger partial charge in [-0.1, -0.05) is 49.1 Å². The van der Waals surface area contributed by atoms with Gasteiger partial charge >= 0.3 is 11.9 Å². The quantitative estimate of drug-likeness (QED) is 0.310. The van der Waals surface area contributed by atoms with Crippen LogP contribution in [-0.2, 0) is 25.5 Å². The van der Waals surface area contributed by atoms with E-state index in [-0.39, 0.29) is 26.1 Å². The van der Waals surface area contributed by atoms with E-state index in [0.717, 1.165) is 5.56 Å². The summed E-state index contributed by atoms with van der Waals surface area (Å²) in [5.74, 6) is 1.25. The molecule has 0 saturated heterocycles. The molecule has 4 nitrogen and oxygen atoms in total. The van der Waals surface area contributed by atoms with Gasteiger partial charge in [0, 0.05) is 12.8 Å². The van der Waals surface area contributed by atoms with Gasteiger partial charge in [-0.25, -0.2) is 0 Å². The molecule has 0 saturated carbocycles. The van der Waals surface area contributed by atoms with Crippen molar-refractivity contribution < 1.29 is 19.1 Å². The minimum absolute atomic E-state index is 0.0509. The molecular weight excluding hydrogens is 332 g/mol. The lowest BCUT2D eigenvalue weighted by atomic mass is 9.78. The Hall–Kier alpha value is -2.06. The molecule has 0 heterocycles. The number of ether oxygens (including phenoxy) is 2. The number of esters is 2. The number of terminal acetylenes is 1. The summed E-state index contributed by atoms with van der Waals surface area (Å²) in [7, 11) is -1.66. The van der Waals surface area contributed by atoms with Crippen LogP contribution in [-0.4, -0.2) is 33.2 Å². The van der Waals surface area contributed by atoms with Gasteiger partial charge in [0.25, 0.3) is 0 Å². The van der Waals surface area contributed by atoms with Crippen molar-refractivity contribution in [1.82, 2.24) is 0 Å². The van der Waals surface area contributed by atoms with Gasteiger partial charge in [0.15, 0.2) is 5.41 Å². The van der Waals surface area contributed by atoms with Gasteiger partial charge in [0.05, 0.1) is 21.3 Å². The molecule has 136 valence electrons. The fraction of sp³-hybridized carbons (Fsp3) is 0.500. The van der Waals surface area contributed by atoms with Gasteiger partial charge < -0.3 is 9.47 Å². The third kappa shape index (κ3) is 4.96. The molecule has 1 rings (SSSR count). The minimum atomic E-state index is -1.66. The number of hydrogen-bond acceptors (Lipinski definition) is 4. The molecule has 5 heteroatoms. The van der Waals surface area contributed by atoms with Crippen LogP contribution in [0.15, 0.2) is 24.3 Å². The molecule has 1 aromatic carbocycles. The van der Waals surface area contributed by atoms with Gasteiger partial charge in [-0.3, -0.25) is 9.59 Å². The first-order chi connectivity index (χ1) is 11.7. The van der Waals surface area contributed by atoms with Crippen LogP contribution >= 0.6 is 0 Å². The Morgan fingerprint density at radius 3 is 2.04 bits per heavy atom. The van der Waals surface area contributed by atoms with E-state index < -0.39 is 25.4 Å². The van der Waals surface area contributed by atoms with Crippen LogP contribution in [0.5, 0.6) is 0 Å². The summed E-state index contributed by atoms with van der Waals surface area (Å²) in [5.41, 5.74) is -0.547. The van der Waals surface area contributed by atoms with Crippen LogP contribution in [0.2, 0.25) is 19.6 Å². The van der Waals surface area contributed by atoms with Gasteiger partial charge in [-0.15, -0.1) is 12.3 Å². The number of carbonyl (C=O) groups excluding carboxylic acids is 2. The van der Waals surface area contributed by atoms with Crippen LogP contribution in [0.1, 0.15) is 25.8 Å². The molecule has 0 aliphatic carbocycles. The Kier molecular flexibility index (Phi) is 7.44. The summed E-state index contributed by atoms with van der Waals surface area (Å²) in [5, 5.41) is 1.20. The molecule has 0 aliphatic rings. The van der Waals surface area contributed by atoms with Crippen molar-refractivity contribution in [2.24, 2.45) is 5.41 Å². The van der Waals surface area contributed by atoms with E-state index in [0.29, 0.717) is 0 Å². The van der Waals surface area contributed by atoms with Gasteiger partial charge in [0.1, 0.15) is 0 Å². The highest BCUT2D eigenvalue weighted by molar-refractivity contribution is 6.89. The predicted molar refractivity (Wildman–Crippen MR) is 102 cm³/mol. The predicted octanol–water partition coefficient (Wildman–Crippen LogP) is 2.91. The second kappa shape index (κ2) is 8.86. The van der Waals surface area contributed by atoms with Crippen molar-refractivity contribution in [3.63, 3.8) is 0 Å². The first-order valence-electron chi connectivity index (χ1n) is 8.59. The van der Waals surface area contributed by atoms with Gasteiger partial charge in [-0.2, -0.15) is 0 Å². The summed E-state index contributed by atoms with van der Waals surface area (Å²) in [4.78, 5) is 25.5. The third-order valence-corrected chi connectivity index (χ3v) is 6.16. The number of benzene rings is 1. The lowest BCUT2D eigenvalue weighted by Gasteiger charge is -2.30. The fourth-order valence-corrected chi connectivity index (χ4v) is 4.61.